The topological polar surface area (TPSA) is 78.2 Å². The predicted molar refractivity (Wildman–Crippen MR) is 83.2 cm³/mol. The van der Waals surface area contributed by atoms with Crippen LogP contribution in [0, 0.1) is 16.0 Å². The van der Waals surface area contributed by atoms with Gasteiger partial charge in [-0.05, 0) is 25.3 Å². The fourth-order valence-corrected chi connectivity index (χ4v) is 3.22. The van der Waals surface area contributed by atoms with Gasteiger partial charge in [0.25, 0.3) is 5.69 Å². The molecule has 0 aromatic heterocycles. The molecule has 122 valence electrons. The molecule has 1 aromatic rings. The summed E-state index contributed by atoms with van der Waals surface area (Å²) in [5.74, 6) is 1.59. The first-order chi connectivity index (χ1) is 10.6. The highest BCUT2D eigenvalue weighted by Gasteiger charge is 2.26. The van der Waals surface area contributed by atoms with Gasteiger partial charge in [-0.15, -0.1) is 0 Å². The zero-order valence-electron chi connectivity index (χ0n) is 13.5. The second kappa shape index (κ2) is 7.45. The van der Waals surface area contributed by atoms with Gasteiger partial charge in [-0.3, -0.25) is 10.1 Å². The van der Waals surface area contributed by atoms with Crippen LogP contribution in [0.2, 0.25) is 0 Å². The number of quaternary nitrogens is 1. The van der Waals surface area contributed by atoms with E-state index in [0.29, 0.717) is 35.6 Å². The zero-order valence-corrected chi connectivity index (χ0v) is 13.5. The van der Waals surface area contributed by atoms with E-state index in [-0.39, 0.29) is 10.6 Å². The molecule has 1 saturated carbocycles. The highest BCUT2D eigenvalue weighted by molar-refractivity contribution is 5.53. The Kier molecular flexibility index (Phi) is 5.60. The summed E-state index contributed by atoms with van der Waals surface area (Å²) < 4.78 is 10.4. The van der Waals surface area contributed by atoms with Crippen LogP contribution in [0.15, 0.2) is 12.1 Å². The number of hydrogen-bond donors (Lipinski definition) is 1. The first-order valence-corrected chi connectivity index (χ1v) is 7.79. The van der Waals surface area contributed by atoms with E-state index in [1.165, 1.54) is 38.9 Å². The molecule has 0 radical (unpaired) electrons. The summed E-state index contributed by atoms with van der Waals surface area (Å²) in [6.45, 7) is 2.86. The van der Waals surface area contributed by atoms with E-state index in [2.05, 4.69) is 12.2 Å². The molecule has 0 amide bonds. The highest BCUT2D eigenvalue weighted by atomic mass is 16.6. The van der Waals surface area contributed by atoms with Gasteiger partial charge in [0.2, 0.25) is 0 Å². The molecule has 6 heteroatoms. The zero-order chi connectivity index (χ0) is 16.1. The van der Waals surface area contributed by atoms with Gasteiger partial charge in [-0.2, -0.15) is 0 Å². The molecule has 0 aliphatic heterocycles. The number of ether oxygens (including phenoxy) is 2. The summed E-state index contributed by atoms with van der Waals surface area (Å²) in [7, 11) is 3.03. The molecule has 0 spiro atoms. The lowest BCUT2D eigenvalue weighted by molar-refractivity contribution is -0.712. The van der Waals surface area contributed by atoms with Gasteiger partial charge in [0.05, 0.1) is 36.8 Å². The smallest absolute Gasteiger partial charge is 0.282 e. The number of nitrogens with two attached hydrogens (primary N) is 1. The highest BCUT2D eigenvalue weighted by Crippen LogP contribution is 2.34. The van der Waals surface area contributed by atoms with Crippen molar-refractivity contribution in [3.8, 4) is 11.5 Å². The number of nitrogens with zero attached hydrogens (tertiary/aromatic N) is 1. The fourth-order valence-electron chi connectivity index (χ4n) is 3.22. The van der Waals surface area contributed by atoms with Crippen molar-refractivity contribution in [2.24, 2.45) is 5.92 Å². The fraction of sp³-hybridized carbons (Fsp3) is 0.625. The summed E-state index contributed by atoms with van der Waals surface area (Å²) in [6.07, 6.45) is 4.97. The molecule has 1 aliphatic rings. The number of nitro groups is 1. The summed E-state index contributed by atoms with van der Waals surface area (Å²) in [5, 5.41) is 13.5. The minimum atomic E-state index is -0.352. The molecule has 0 unspecified atom stereocenters. The molecule has 2 N–H and O–H groups in total. The van der Waals surface area contributed by atoms with E-state index in [1.54, 1.807) is 13.2 Å². The van der Waals surface area contributed by atoms with Crippen LogP contribution in [0.25, 0.3) is 0 Å². The van der Waals surface area contributed by atoms with E-state index in [0.717, 1.165) is 0 Å². The third kappa shape index (κ3) is 3.68. The molecule has 2 atom stereocenters. The third-order valence-corrected chi connectivity index (χ3v) is 4.60. The van der Waals surface area contributed by atoms with E-state index in [1.807, 2.05) is 0 Å². The minimum Gasteiger partial charge on any atom is -0.493 e. The van der Waals surface area contributed by atoms with Gasteiger partial charge < -0.3 is 14.8 Å². The van der Waals surface area contributed by atoms with Crippen molar-refractivity contribution in [3.63, 3.8) is 0 Å². The molecule has 0 heterocycles. The summed E-state index contributed by atoms with van der Waals surface area (Å²) in [6, 6.07) is 3.72. The summed E-state index contributed by atoms with van der Waals surface area (Å²) in [4.78, 5) is 10.9. The maximum Gasteiger partial charge on any atom is 0.282 e. The van der Waals surface area contributed by atoms with Gasteiger partial charge >= 0.3 is 0 Å². The van der Waals surface area contributed by atoms with Crippen LogP contribution in [-0.4, -0.2) is 25.2 Å². The normalized spacial score (nSPS) is 21.4. The van der Waals surface area contributed by atoms with E-state index in [9.17, 15) is 10.1 Å². The van der Waals surface area contributed by atoms with Crippen molar-refractivity contribution in [1.29, 1.82) is 0 Å². The number of rotatable bonds is 6. The van der Waals surface area contributed by atoms with Crippen LogP contribution in [0.3, 0.4) is 0 Å². The first-order valence-electron chi connectivity index (χ1n) is 7.79. The van der Waals surface area contributed by atoms with Crippen LogP contribution in [0.1, 0.15) is 38.2 Å². The second-order valence-corrected chi connectivity index (χ2v) is 5.96. The lowest BCUT2D eigenvalue weighted by atomic mass is 9.86. The van der Waals surface area contributed by atoms with Crippen LogP contribution in [0.5, 0.6) is 11.5 Å². The van der Waals surface area contributed by atoms with Crippen LogP contribution >= 0.6 is 0 Å². The molecule has 1 aromatic carbocycles. The Labute approximate surface area is 131 Å². The van der Waals surface area contributed by atoms with E-state index >= 15 is 0 Å². The van der Waals surface area contributed by atoms with E-state index in [4.69, 9.17) is 9.47 Å². The first kappa shape index (κ1) is 16.5. The SMILES string of the molecule is COc1cc(C[NH2+][C@H]2CCCC[C@@H]2C)c([N+](=O)[O-])cc1OC. The van der Waals surface area contributed by atoms with Gasteiger partial charge in [0, 0.05) is 5.92 Å². The molecule has 2 rings (SSSR count). The summed E-state index contributed by atoms with van der Waals surface area (Å²) >= 11 is 0. The van der Waals surface area contributed by atoms with Gasteiger partial charge in [-0.25, -0.2) is 0 Å². The Balaban J connectivity index is 2.19. The number of nitro benzene ring substituents is 1. The third-order valence-electron chi connectivity index (χ3n) is 4.60. The lowest BCUT2D eigenvalue weighted by Crippen LogP contribution is -2.90. The van der Waals surface area contributed by atoms with Crippen LogP contribution in [0.4, 0.5) is 5.69 Å². The van der Waals surface area contributed by atoms with Gasteiger partial charge in [0.15, 0.2) is 11.5 Å². The van der Waals surface area contributed by atoms with Crippen molar-refractivity contribution < 1.29 is 19.7 Å². The van der Waals surface area contributed by atoms with E-state index < -0.39 is 0 Å². The molecule has 22 heavy (non-hydrogen) atoms. The van der Waals surface area contributed by atoms with Crippen molar-refractivity contribution >= 4 is 5.69 Å². The monoisotopic (exact) mass is 309 g/mol. The molecule has 1 fully saturated rings. The van der Waals surface area contributed by atoms with Crippen molar-refractivity contribution in [3.05, 3.63) is 27.8 Å². The van der Waals surface area contributed by atoms with Gasteiger partial charge in [0.1, 0.15) is 6.54 Å². The predicted octanol–water partition coefficient (Wildman–Crippen LogP) is 2.25. The molecule has 6 nitrogen and oxygen atoms in total. The van der Waals surface area contributed by atoms with Gasteiger partial charge in [-0.1, -0.05) is 13.3 Å². The average molecular weight is 309 g/mol. The van der Waals surface area contributed by atoms with Crippen LogP contribution < -0.4 is 14.8 Å². The Bertz CT molecular complexity index is 533. The molecule has 1 aliphatic carbocycles. The number of hydrogen-bond acceptors (Lipinski definition) is 4. The number of methoxy groups -OCH3 is 2. The Morgan fingerprint density at radius 2 is 1.86 bits per heavy atom. The Hall–Kier alpha value is -1.82. The number of benzene rings is 1. The minimum absolute atomic E-state index is 0.0948. The molecule has 0 bridgehead atoms. The quantitative estimate of drug-likeness (QED) is 0.646. The largest absolute Gasteiger partial charge is 0.493 e. The summed E-state index contributed by atoms with van der Waals surface area (Å²) in [5.41, 5.74) is 0.776. The maximum absolute atomic E-state index is 11.3. The lowest BCUT2D eigenvalue weighted by Gasteiger charge is -2.26. The Morgan fingerprint density at radius 3 is 2.45 bits per heavy atom. The second-order valence-electron chi connectivity index (χ2n) is 5.96. The molecule has 0 saturated heterocycles. The van der Waals surface area contributed by atoms with Crippen molar-refractivity contribution in [2.75, 3.05) is 14.2 Å². The average Bonchev–Trinajstić information content (AvgIpc) is 2.53. The standard InChI is InChI=1S/C16H24N2O4/c1-11-6-4-5-7-13(11)17-10-12-8-15(21-2)16(22-3)9-14(12)18(19)20/h8-9,11,13,17H,4-7,10H2,1-3H3/p+1/t11-,13-/m0/s1. The molecular formula is C16H25N2O4+. The maximum atomic E-state index is 11.3. The van der Waals surface area contributed by atoms with Crippen molar-refractivity contribution in [1.82, 2.24) is 0 Å². The Morgan fingerprint density at radius 1 is 1.23 bits per heavy atom. The van der Waals surface area contributed by atoms with Crippen LogP contribution in [-0.2, 0) is 6.54 Å². The molecular weight excluding hydrogens is 284 g/mol. The van der Waals surface area contributed by atoms with Crippen molar-refractivity contribution in [2.45, 2.75) is 45.2 Å².